The first-order valence-electron chi connectivity index (χ1n) is 18.3. The van der Waals surface area contributed by atoms with E-state index in [1.54, 1.807) is 0 Å². The molecule has 9 aromatic rings. The van der Waals surface area contributed by atoms with E-state index in [1.807, 2.05) is 6.07 Å². The van der Waals surface area contributed by atoms with Gasteiger partial charge in [0, 0.05) is 22.1 Å². The molecule has 0 N–H and O–H groups in total. The molecule has 0 aliphatic heterocycles. The second-order valence-electron chi connectivity index (χ2n) is 14.6. The standard InChI is InChI=1S/C51H36N2/c1-51(2)45-21-11-20-43(49(45)44-30-40-16-8-9-17-41(40)31-46(44)51)48-32-47(52-50(53-48)36-13-4-3-5-14-36)35-25-22-34(23-26-35)38-18-10-19-39(28-38)42-27-24-33-12-6-7-15-37(33)29-42/h3-32H,1-2H3. The van der Waals surface area contributed by atoms with Crippen LogP contribution < -0.4 is 0 Å². The van der Waals surface area contributed by atoms with E-state index in [-0.39, 0.29) is 5.41 Å². The highest BCUT2D eigenvalue weighted by molar-refractivity contribution is 5.98. The molecule has 1 aliphatic carbocycles. The van der Waals surface area contributed by atoms with Gasteiger partial charge in [-0.1, -0.05) is 166 Å². The highest BCUT2D eigenvalue weighted by Gasteiger charge is 2.37. The third kappa shape index (κ3) is 5.34. The predicted octanol–water partition coefficient (Wildman–Crippen LogP) is 13.4. The molecular formula is C51H36N2. The maximum Gasteiger partial charge on any atom is 0.160 e. The van der Waals surface area contributed by atoms with E-state index in [9.17, 15) is 0 Å². The third-order valence-corrected chi connectivity index (χ3v) is 11.1. The zero-order valence-corrected chi connectivity index (χ0v) is 29.7. The van der Waals surface area contributed by atoms with Crippen LogP contribution in [0.15, 0.2) is 182 Å². The van der Waals surface area contributed by atoms with Gasteiger partial charge in [-0.2, -0.15) is 0 Å². The Morgan fingerprint density at radius 1 is 0.340 bits per heavy atom. The molecule has 1 aliphatic rings. The van der Waals surface area contributed by atoms with Gasteiger partial charge in [0.15, 0.2) is 5.82 Å². The molecular weight excluding hydrogens is 641 g/mol. The summed E-state index contributed by atoms with van der Waals surface area (Å²) in [5.41, 5.74) is 14.9. The lowest BCUT2D eigenvalue weighted by Gasteiger charge is -2.22. The Kier molecular flexibility index (Phi) is 7.19. The van der Waals surface area contributed by atoms with Gasteiger partial charge in [0.05, 0.1) is 11.4 Å². The van der Waals surface area contributed by atoms with Crippen LogP contribution in [0.3, 0.4) is 0 Å². The van der Waals surface area contributed by atoms with E-state index in [0.717, 1.165) is 33.9 Å². The first-order chi connectivity index (χ1) is 26.0. The summed E-state index contributed by atoms with van der Waals surface area (Å²) in [7, 11) is 0. The summed E-state index contributed by atoms with van der Waals surface area (Å²) >= 11 is 0. The van der Waals surface area contributed by atoms with Crippen LogP contribution in [0.25, 0.3) is 88.8 Å². The van der Waals surface area contributed by atoms with E-state index >= 15 is 0 Å². The van der Waals surface area contributed by atoms with Crippen molar-refractivity contribution in [1.29, 1.82) is 0 Å². The Morgan fingerprint density at radius 2 is 0.906 bits per heavy atom. The highest BCUT2D eigenvalue weighted by Crippen LogP contribution is 2.53. The van der Waals surface area contributed by atoms with Crippen LogP contribution >= 0.6 is 0 Å². The highest BCUT2D eigenvalue weighted by atomic mass is 14.9. The summed E-state index contributed by atoms with van der Waals surface area (Å²) in [6.07, 6.45) is 0. The summed E-state index contributed by atoms with van der Waals surface area (Å²) in [6, 6.07) is 65.5. The summed E-state index contributed by atoms with van der Waals surface area (Å²) in [5.74, 6) is 0.721. The fourth-order valence-electron chi connectivity index (χ4n) is 8.22. The Morgan fingerprint density at radius 3 is 1.68 bits per heavy atom. The van der Waals surface area contributed by atoms with Gasteiger partial charge in [-0.25, -0.2) is 9.97 Å². The molecule has 0 bridgehead atoms. The van der Waals surface area contributed by atoms with Crippen molar-refractivity contribution in [2.75, 3.05) is 0 Å². The Labute approximate surface area is 310 Å². The van der Waals surface area contributed by atoms with Crippen LogP contribution in [0.1, 0.15) is 25.0 Å². The first kappa shape index (κ1) is 31.1. The molecule has 250 valence electrons. The summed E-state index contributed by atoms with van der Waals surface area (Å²) < 4.78 is 0. The fraction of sp³-hybridized carbons (Fsp3) is 0.0588. The van der Waals surface area contributed by atoms with Gasteiger partial charge < -0.3 is 0 Å². The lowest BCUT2D eigenvalue weighted by molar-refractivity contribution is 0.661. The predicted molar refractivity (Wildman–Crippen MR) is 222 cm³/mol. The van der Waals surface area contributed by atoms with Crippen molar-refractivity contribution in [3.8, 4) is 67.3 Å². The second kappa shape index (κ2) is 12.3. The molecule has 0 unspecified atom stereocenters. The van der Waals surface area contributed by atoms with Crippen molar-refractivity contribution in [2.24, 2.45) is 0 Å². The second-order valence-corrected chi connectivity index (χ2v) is 14.6. The van der Waals surface area contributed by atoms with E-state index in [1.165, 1.54) is 66.1 Å². The molecule has 0 saturated carbocycles. The fourth-order valence-corrected chi connectivity index (χ4v) is 8.22. The van der Waals surface area contributed by atoms with Crippen molar-refractivity contribution >= 4 is 21.5 Å². The van der Waals surface area contributed by atoms with Crippen molar-refractivity contribution in [1.82, 2.24) is 9.97 Å². The normalized spacial score (nSPS) is 12.9. The van der Waals surface area contributed by atoms with Crippen molar-refractivity contribution in [3.05, 3.63) is 193 Å². The Hall–Kier alpha value is -6.64. The summed E-state index contributed by atoms with van der Waals surface area (Å²) in [4.78, 5) is 10.4. The summed E-state index contributed by atoms with van der Waals surface area (Å²) in [5, 5.41) is 5.03. The topological polar surface area (TPSA) is 25.8 Å². The van der Waals surface area contributed by atoms with Gasteiger partial charge in [0.1, 0.15) is 0 Å². The molecule has 10 rings (SSSR count). The van der Waals surface area contributed by atoms with E-state index in [4.69, 9.17) is 9.97 Å². The molecule has 1 heterocycles. The van der Waals surface area contributed by atoms with Gasteiger partial charge in [-0.3, -0.25) is 0 Å². The largest absolute Gasteiger partial charge is 0.228 e. The monoisotopic (exact) mass is 676 g/mol. The molecule has 0 atom stereocenters. The first-order valence-corrected chi connectivity index (χ1v) is 18.3. The van der Waals surface area contributed by atoms with Gasteiger partial charge in [0.25, 0.3) is 0 Å². The smallest absolute Gasteiger partial charge is 0.160 e. The third-order valence-electron chi connectivity index (χ3n) is 11.1. The van der Waals surface area contributed by atoms with Crippen LogP contribution in [0, 0.1) is 0 Å². The van der Waals surface area contributed by atoms with Crippen molar-refractivity contribution < 1.29 is 0 Å². The quantitative estimate of drug-likeness (QED) is 0.181. The number of nitrogens with zero attached hydrogens (tertiary/aromatic N) is 2. The molecule has 0 fully saturated rings. The Bertz CT molecular complexity index is 2850. The van der Waals surface area contributed by atoms with Crippen LogP contribution in [0.2, 0.25) is 0 Å². The minimum absolute atomic E-state index is 0.135. The number of fused-ring (bicyclic) bond motifs is 5. The number of aromatic nitrogens is 2. The minimum atomic E-state index is -0.135. The van der Waals surface area contributed by atoms with Crippen molar-refractivity contribution in [3.63, 3.8) is 0 Å². The Balaban J connectivity index is 1.07. The van der Waals surface area contributed by atoms with Crippen LogP contribution in [0.4, 0.5) is 0 Å². The van der Waals surface area contributed by atoms with E-state index in [2.05, 4.69) is 190 Å². The molecule has 2 heteroatoms. The van der Waals surface area contributed by atoms with Gasteiger partial charge in [0.2, 0.25) is 0 Å². The van der Waals surface area contributed by atoms with Gasteiger partial charge in [-0.05, 0) is 96.4 Å². The molecule has 8 aromatic carbocycles. The molecule has 0 amide bonds. The number of rotatable bonds is 5. The van der Waals surface area contributed by atoms with Gasteiger partial charge >= 0.3 is 0 Å². The summed E-state index contributed by atoms with van der Waals surface area (Å²) in [6.45, 7) is 4.69. The zero-order chi connectivity index (χ0) is 35.5. The SMILES string of the molecule is CC1(C)c2cc3ccccc3cc2-c2c(-c3cc(-c4ccc(-c5cccc(-c6ccc7ccccc7c6)c5)cc4)nc(-c4ccccc4)n3)cccc21. The zero-order valence-electron chi connectivity index (χ0n) is 29.7. The number of hydrogen-bond donors (Lipinski definition) is 0. The number of hydrogen-bond acceptors (Lipinski definition) is 2. The van der Waals surface area contributed by atoms with Gasteiger partial charge in [-0.15, -0.1) is 0 Å². The van der Waals surface area contributed by atoms with Crippen molar-refractivity contribution in [2.45, 2.75) is 19.3 Å². The number of benzene rings is 8. The maximum absolute atomic E-state index is 5.27. The van der Waals surface area contributed by atoms with Crippen LogP contribution in [-0.2, 0) is 5.41 Å². The molecule has 0 radical (unpaired) electrons. The van der Waals surface area contributed by atoms with E-state index in [0.29, 0.717) is 0 Å². The minimum Gasteiger partial charge on any atom is -0.228 e. The average molecular weight is 677 g/mol. The van der Waals surface area contributed by atoms with Crippen LogP contribution in [0.5, 0.6) is 0 Å². The molecule has 0 saturated heterocycles. The lowest BCUT2D eigenvalue weighted by Crippen LogP contribution is -2.14. The lowest BCUT2D eigenvalue weighted by atomic mass is 9.81. The molecule has 1 aromatic heterocycles. The molecule has 0 spiro atoms. The average Bonchev–Trinajstić information content (AvgIpc) is 3.45. The molecule has 2 nitrogen and oxygen atoms in total. The van der Waals surface area contributed by atoms with E-state index < -0.39 is 0 Å². The maximum atomic E-state index is 5.27. The molecule has 53 heavy (non-hydrogen) atoms. The van der Waals surface area contributed by atoms with Crippen LogP contribution in [-0.4, -0.2) is 9.97 Å².